The number of likely N-dealkylation sites (N-methyl/N-ethyl adjacent to an activating group) is 1. The summed E-state index contributed by atoms with van der Waals surface area (Å²) < 4.78 is 23.2. The summed E-state index contributed by atoms with van der Waals surface area (Å²) in [7, 11) is -1.65. The van der Waals surface area contributed by atoms with Gasteiger partial charge in [0, 0.05) is 18.1 Å². The number of sulfone groups is 1. The molecule has 2 atom stereocenters. The first-order chi connectivity index (χ1) is 12.5. The van der Waals surface area contributed by atoms with Crippen molar-refractivity contribution < 1.29 is 22.8 Å². The highest BCUT2D eigenvalue weighted by Gasteiger charge is 2.50. The summed E-state index contributed by atoms with van der Waals surface area (Å²) >= 11 is 5.87. The van der Waals surface area contributed by atoms with Crippen molar-refractivity contribution in [3.63, 3.8) is 0 Å². The number of benzene rings is 1. The molecular formula is C17H20ClN3O5S. The number of imide groups is 1. The molecule has 0 radical (unpaired) electrons. The second-order valence-corrected chi connectivity index (χ2v) is 9.68. The monoisotopic (exact) mass is 413 g/mol. The van der Waals surface area contributed by atoms with Crippen LogP contribution in [0.2, 0.25) is 5.02 Å². The van der Waals surface area contributed by atoms with E-state index >= 15 is 0 Å². The molecule has 2 aliphatic rings. The van der Waals surface area contributed by atoms with Crippen molar-refractivity contribution in [2.75, 3.05) is 25.1 Å². The van der Waals surface area contributed by atoms with Crippen molar-refractivity contribution >= 4 is 39.3 Å². The number of nitrogens with zero attached hydrogens (tertiary/aromatic N) is 2. The van der Waals surface area contributed by atoms with Crippen LogP contribution in [0, 0.1) is 0 Å². The zero-order valence-corrected chi connectivity index (χ0v) is 16.5. The van der Waals surface area contributed by atoms with E-state index in [1.807, 2.05) is 0 Å². The SMILES string of the molecule is CN(C(=O)CN1C(=O)N[C@@](C)(c2ccc(Cl)cc2)C1=O)[C@H]1CCS(=O)(=O)C1. The minimum absolute atomic E-state index is 0.0348. The van der Waals surface area contributed by atoms with Crippen LogP contribution in [0.5, 0.6) is 0 Å². The zero-order valence-electron chi connectivity index (χ0n) is 14.9. The van der Waals surface area contributed by atoms with Gasteiger partial charge in [-0.1, -0.05) is 23.7 Å². The van der Waals surface area contributed by atoms with Gasteiger partial charge in [-0.2, -0.15) is 0 Å². The number of amides is 4. The third-order valence-electron chi connectivity index (χ3n) is 5.14. The highest BCUT2D eigenvalue weighted by Crippen LogP contribution is 2.29. The number of rotatable bonds is 4. The minimum atomic E-state index is -3.15. The molecule has 2 aliphatic heterocycles. The first kappa shape index (κ1) is 19.6. The molecule has 0 spiro atoms. The average Bonchev–Trinajstić information content (AvgIpc) is 3.07. The molecular weight excluding hydrogens is 394 g/mol. The van der Waals surface area contributed by atoms with Crippen molar-refractivity contribution in [1.82, 2.24) is 15.1 Å². The fourth-order valence-corrected chi connectivity index (χ4v) is 5.25. The van der Waals surface area contributed by atoms with Gasteiger partial charge < -0.3 is 10.2 Å². The highest BCUT2D eigenvalue weighted by atomic mass is 35.5. The Kier molecular flexibility index (Phi) is 4.94. The molecule has 8 nitrogen and oxygen atoms in total. The molecule has 10 heteroatoms. The van der Waals surface area contributed by atoms with E-state index in [0.717, 1.165) is 4.90 Å². The highest BCUT2D eigenvalue weighted by molar-refractivity contribution is 7.91. The lowest BCUT2D eigenvalue weighted by Gasteiger charge is -2.26. The molecule has 2 saturated heterocycles. The summed E-state index contributed by atoms with van der Waals surface area (Å²) in [5, 5.41) is 3.12. The normalized spacial score (nSPS) is 26.9. The van der Waals surface area contributed by atoms with Gasteiger partial charge >= 0.3 is 6.03 Å². The van der Waals surface area contributed by atoms with Gasteiger partial charge in [0.05, 0.1) is 11.5 Å². The van der Waals surface area contributed by atoms with E-state index in [1.54, 1.807) is 31.2 Å². The molecule has 27 heavy (non-hydrogen) atoms. The van der Waals surface area contributed by atoms with Crippen LogP contribution in [0.25, 0.3) is 0 Å². The first-order valence-corrected chi connectivity index (χ1v) is 10.6. The van der Waals surface area contributed by atoms with Crippen molar-refractivity contribution in [3.8, 4) is 0 Å². The Bertz CT molecular complexity index is 902. The topological polar surface area (TPSA) is 104 Å². The quantitative estimate of drug-likeness (QED) is 0.733. The van der Waals surface area contributed by atoms with Gasteiger partial charge in [-0.15, -0.1) is 0 Å². The van der Waals surface area contributed by atoms with Crippen molar-refractivity contribution in [1.29, 1.82) is 0 Å². The van der Waals surface area contributed by atoms with Crippen LogP contribution >= 0.6 is 11.6 Å². The second-order valence-electron chi connectivity index (χ2n) is 7.01. The number of nitrogens with one attached hydrogen (secondary N) is 1. The smallest absolute Gasteiger partial charge is 0.325 e. The molecule has 0 bridgehead atoms. The summed E-state index contributed by atoms with van der Waals surface area (Å²) in [6.07, 6.45) is 0.354. The third kappa shape index (κ3) is 3.66. The van der Waals surface area contributed by atoms with E-state index in [9.17, 15) is 22.8 Å². The lowest BCUT2D eigenvalue weighted by molar-refractivity contribution is -0.139. The first-order valence-electron chi connectivity index (χ1n) is 8.40. The van der Waals surface area contributed by atoms with Crippen molar-refractivity contribution in [2.45, 2.75) is 24.9 Å². The largest absolute Gasteiger partial charge is 0.340 e. The Hall–Kier alpha value is -2.13. The van der Waals surface area contributed by atoms with Gasteiger partial charge in [0.2, 0.25) is 5.91 Å². The molecule has 2 fully saturated rings. The standard InChI is InChI=1S/C17H20ClN3O5S/c1-17(11-3-5-12(18)6-4-11)15(23)21(16(24)19-17)9-14(22)20(2)13-7-8-27(25,26)10-13/h3-6,13H,7-10H2,1-2H3,(H,19,24)/t13-,17-/m0/s1. The fraction of sp³-hybridized carbons (Fsp3) is 0.471. The van der Waals surface area contributed by atoms with E-state index in [2.05, 4.69) is 5.32 Å². The second kappa shape index (κ2) is 6.79. The summed E-state index contributed by atoms with van der Waals surface area (Å²) in [6, 6.07) is 5.40. The van der Waals surface area contributed by atoms with Crippen LogP contribution in [0.4, 0.5) is 4.79 Å². The van der Waals surface area contributed by atoms with Crippen LogP contribution in [0.1, 0.15) is 18.9 Å². The number of halogens is 1. The lowest BCUT2D eigenvalue weighted by atomic mass is 9.92. The molecule has 0 saturated carbocycles. The maximum atomic E-state index is 12.8. The van der Waals surface area contributed by atoms with Crippen LogP contribution < -0.4 is 5.32 Å². The summed E-state index contributed by atoms with van der Waals surface area (Å²) in [4.78, 5) is 39.9. The Labute approximate surface area is 162 Å². The van der Waals surface area contributed by atoms with Gasteiger partial charge in [-0.25, -0.2) is 13.2 Å². The molecule has 1 aromatic carbocycles. The van der Waals surface area contributed by atoms with Crippen molar-refractivity contribution in [3.05, 3.63) is 34.9 Å². The number of hydrogen-bond acceptors (Lipinski definition) is 5. The van der Waals surface area contributed by atoms with Crippen LogP contribution in [-0.2, 0) is 25.0 Å². The minimum Gasteiger partial charge on any atom is -0.340 e. The Balaban J connectivity index is 1.74. The molecule has 3 rings (SSSR count). The number of hydrogen-bond donors (Lipinski definition) is 1. The van der Waals surface area contributed by atoms with Crippen LogP contribution in [0.3, 0.4) is 0 Å². The van der Waals surface area contributed by atoms with E-state index in [1.165, 1.54) is 11.9 Å². The zero-order chi connectivity index (χ0) is 20.0. The lowest BCUT2D eigenvalue weighted by Crippen LogP contribution is -2.46. The van der Waals surface area contributed by atoms with Gasteiger partial charge in [0.25, 0.3) is 5.91 Å². The van der Waals surface area contributed by atoms with E-state index in [0.29, 0.717) is 17.0 Å². The van der Waals surface area contributed by atoms with Gasteiger partial charge in [-0.05, 0) is 31.0 Å². The maximum Gasteiger partial charge on any atom is 0.325 e. The molecule has 0 aliphatic carbocycles. The number of carbonyl (C=O) groups excluding carboxylic acids is 3. The van der Waals surface area contributed by atoms with Crippen LogP contribution in [-0.4, -0.2) is 67.2 Å². The number of urea groups is 1. The van der Waals surface area contributed by atoms with Gasteiger partial charge in [-0.3, -0.25) is 14.5 Å². The molecule has 1 aromatic rings. The molecule has 1 N–H and O–H groups in total. The van der Waals surface area contributed by atoms with Crippen LogP contribution in [0.15, 0.2) is 24.3 Å². The molecule has 0 aromatic heterocycles. The van der Waals surface area contributed by atoms with E-state index < -0.39 is 45.8 Å². The number of carbonyl (C=O) groups is 3. The Morgan fingerprint density at radius 1 is 1.33 bits per heavy atom. The van der Waals surface area contributed by atoms with E-state index in [4.69, 9.17) is 11.6 Å². The van der Waals surface area contributed by atoms with Crippen molar-refractivity contribution in [2.24, 2.45) is 0 Å². The predicted molar refractivity (Wildman–Crippen MR) is 98.9 cm³/mol. The Morgan fingerprint density at radius 3 is 2.52 bits per heavy atom. The summed E-state index contributed by atoms with van der Waals surface area (Å²) in [5.74, 6) is -1.10. The predicted octanol–water partition coefficient (Wildman–Crippen LogP) is 0.752. The fourth-order valence-electron chi connectivity index (χ4n) is 3.35. The average molecular weight is 414 g/mol. The Morgan fingerprint density at radius 2 is 1.96 bits per heavy atom. The summed E-state index contributed by atoms with van der Waals surface area (Å²) in [5.41, 5.74) is -0.743. The van der Waals surface area contributed by atoms with Gasteiger partial charge in [0.15, 0.2) is 9.84 Å². The van der Waals surface area contributed by atoms with Gasteiger partial charge in [0.1, 0.15) is 12.1 Å². The molecule has 146 valence electrons. The molecule has 0 unspecified atom stereocenters. The molecule has 4 amide bonds. The summed E-state index contributed by atoms with van der Waals surface area (Å²) in [6.45, 7) is 1.12. The maximum absolute atomic E-state index is 12.8. The van der Waals surface area contributed by atoms with E-state index in [-0.39, 0.29) is 11.5 Å². The third-order valence-corrected chi connectivity index (χ3v) is 7.14. The molecule has 2 heterocycles.